The van der Waals surface area contributed by atoms with Crippen LogP contribution in [-0.2, 0) is 0 Å². The molecule has 3 N–H and O–H groups in total. The molecule has 0 radical (unpaired) electrons. The Labute approximate surface area is 134 Å². The molecular formula is C19H32O3. The number of aliphatic hydroxyl groups excluding tert-OH is 3. The van der Waals surface area contributed by atoms with Crippen molar-refractivity contribution in [3.63, 3.8) is 0 Å². The Morgan fingerprint density at radius 1 is 0.773 bits per heavy atom. The lowest BCUT2D eigenvalue weighted by Crippen LogP contribution is -2.54. The predicted molar refractivity (Wildman–Crippen MR) is 85.1 cm³/mol. The standard InChI is InChI=1S/C19H32O3/c1-18-7-5-12(20)9-11(18)3-4-13-14(18)6-8-19(2)15(13)10-16(21)17(19)22/h11-17,20-22H,3-10H2,1-2H3/t11-,12+,13-,14+,15+,16+,17+,18+,19+/m1/s1. The zero-order chi connectivity index (χ0) is 15.7. The minimum atomic E-state index is -0.530. The van der Waals surface area contributed by atoms with Crippen molar-refractivity contribution in [1.29, 1.82) is 0 Å². The highest BCUT2D eigenvalue weighted by Crippen LogP contribution is 2.66. The van der Waals surface area contributed by atoms with Gasteiger partial charge in [-0.15, -0.1) is 0 Å². The Bertz CT molecular complexity index is 452. The Morgan fingerprint density at radius 3 is 2.27 bits per heavy atom. The summed E-state index contributed by atoms with van der Waals surface area (Å²) in [6.07, 6.45) is 7.49. The first-order chi connectivity index (χ1) is 10.4. The number of rotatable bonds is 0. The molecule has 0 saturated heterocycles. The summed E-state index contributed by atoms with van der Waals surface area (Å²) in [6, 6.07) is 0. The van der Waals surface area contributed by atoms with E-state index in [4.69, 9.17) is 0 Å². The highest BCUT2D eigenvalue weighted by molar-refractivity contribution is 5.11. The van der Waals surface area contributed by atoms with Crippen LogP contribution in [0.1, 0.15) is 65.2 Å². The van der Waals surface area contributed by atoms with Crippen LogP contribution in [0.15, 0.2) is 0 Å². The normalized spacial score (nSPS) is 61.2. The summed E-state index contributed by atoms with van der Waals surface area (Å²) < 4.78 is 0. The molecule has 4 aliphatic rings. The van der Waals surface area contributed by atoms with Gasteiger partial charge in [0.05, 0.1) is 18.3 Å². The second kappa shape index (κ2) is 4.94. The minimum absolute atomic E-state index is 0.0715. The highest BCUT2D eigenvalue weighted by atomic mass is 16.3. The largest absolute Gasteiger partial charge is 0.393 e. The average Bonchev–Trinajstić information content (AvgIpc) is 2.72. The van der Waals surface area contributed by atoms with Gasteiger partial charge in [-0.3, -0.25) is 0 Å². The lowest BCUT2D eigenvalue weighted by molar-refractivity contribution is -0.135. The van der Waals surface area contributed by atoms with Crippen LogP contribution in [0.5, 0.6) is 0 Å². The van der Waals surface area contributed by atoms with Crippen molar-refractivity contribution in [3.8, 4) is 0 Å². The third-order valence-electron chi connectivity index (χ3n) is 8.61. The predicted octanol–water partition coefficient (Wildman–Crippen LogP) is 2.72. The van der Waals surface area contributed by atoms with Crippen LogP contribution in [-0.4, -0.2) is 33.6 Å². The topological polar surface area (TPSA) is 60.7 Å². The fraction of sp³-hybridized carbons (Fsp3) is 1.00. The molecule has 0 unspecified atom stereocenters. The Hall–Kier alpha value is -0.120. The minimum Gasteiger partial charge on any atom is -0.393 e. The average molecular weight is 308 g/mol. The van der Waals surface area contributed by atoms with Crippen molar-refractivity contribution in [1.82, 2.24) is 0 Å². The van der Waals surface area contributed by atoms with Crippen molar-refractivity contribution < 1.29 is 15.3 Å². The van der Waals surface area contributed by atoms with Crippen LogP contribution in [0.3, 0.4) is 0 Å². The summed E-state index contributed by atoms with van der Waals surface area (Å²) in [5, 5.41) is 30.8. The zero-order valence-corrected chi connectivity index (χ0v) is 14.0. The first-order valence-corrected chi connectivity index (χ1v) is 9.40. The third kappa shape index (κ3) is 1.91. The van der Waals surface area contributed by atoms with E-state index in [0.29, 0.717) is 23.2 Å². The van der Waals surface area contributed by atoms with E-state index in [1.807, 2.05) is 0 Å². The fourth-order valence-electron chi connectivity index (χ4n) is 7.22. The van der Waals surface area contributed by atoms with Crippen molar-refractivity contribution in [3.05, 3.63) is 0 Å². The summed E-state index contributed by atoms with van der Waals surface area (Å²) >= 11 is 0. The van der Waals surface area contributed by atoms with Crippen LogP contribution >= 0.6 is 0 Å². The van der Waals surface area contributed by atoms with Crippen molar-refractivity contribution in [2.45, 2.75) is 83.5 Å². The van der Waals surface area contributed by atoms with Gasteiger partial charge in [-0.25, -0.2) is 0 Å². The number of hydrogen-bond donors (Lipinski definition) is 3. The van der Waals surface area contributed by atoms with E-state index >= 15 is 0 Å². The lowest BCUT2D eigenvalue weighted by atomic mass is 9.45. The van der Waals surface area contributed by atoms with Gasteiger partial charge in [0.2, 0.25) is 0 Å². The first kappa shape index (κ1) is 15.4. The summed E-state index contributed by atoms with van der Waals surface area (Å²) in [4.78, 5) is 0. The molecule has 0 aromatic carbocycles. The van der Waals surface area contributed by atoms with Crippen molar-refractivity contribution in [2.24, 2.45) is 34.5 Å². The fourth-order valence-corrected chi connectivity index (χ4v) is 7.22. The molecule has 0 aromatic rings. The number of hydrogen-bond acceptors (Lipinski definition) is 3. The molecule has 3 nitrogen and oxygen atoms in total. The first-order valence-electron chi connectivity index (χ1n) is 9.40. The van der Waals surface area contributed by atoms with E-state index < -0.39 is 12.2 Å². The number of aliphatic hydroxyl groups is 3. The molecule has 9 atom stereocenters. The van der Waals surface area contributed by atoms with Gasteiger partial charge < -0.3 is 15.3 Å². The van der Waals surface area contributed by atoms with Crippen molar-refractivity contribution >= 4 is 0 Å². The smallest absolute Gasteiger partial charge is 0.0855 e. The lowest BCUT2D eigenvalue weighted by Gasteiger charge is -2.60. The molecule has 0 bridgehead atoms. The molecule has 22 heavy (non-hydrogen) atoms. The summed E-state index contributed by atoms with van der Waals surface area (Å²) in [5.74, 6) is 2.57. The maximum Gasteiger partial charge on any atom is 0.0855 e. The maximum atomic E-state index is 10.5. The highest BCUT2D eigenvalue weighted by Gasteiger charge is 2.61. The molecule has 0 aliphatic heterocycles. The molecule has 0 heterocycles. The molecule has 4 aliphatic carbocycles. The maximum absolute atomic E-state index is 10.5. The molecule has 0 aromatic heterocycles. The van der Waals surface area contributed by atoms with E-state index in [2.05, 4.69) is 13.8 Å². The molecule has 0 amide bonds. The molecule has 4 fully saturated rings. The van der Waals surface area contributed by atoms with Gasteiger partial charge in [-0.05, 0) is 85.9 Å². The van der Waals surface area contributed by atoms with Gasteiger partial charge in [0.1, 0.15) is 0 Å². The van der Waals surface area contributed by atoms with Gasteiger partial charge in [0.15, 0.2) is 0 Å². The Kier molecular flexibility index (Phi) is 3.46. The zero-order valence-electron chi connectivity index (χ0n) is 14.0. The van der Waals surface area contributed by atoms with Gasteiger partial charge in [0, 0.05) is 0 Å². The van der Waals surface area contributed by atoms with Crippen molar-refractivity contribution in [2.75, 3.05) is 0 Å². The van der Waals surface area contributed by atoms with E-state index in [1.54, 1.807) is 0 Å². The monoisotopic (exact) mass is 308 g/mol. The molecule has 126 valence electrons. The van der Waals surface area contributed by atoms with Gasteiger partial charge >= 0.3 is 0 Å². The summed E-state index contributed by atoms with van der Waals surface area (Å²) in [5.41, 5.74) is 0.305. The third-order valence-corrected chi connectivity index (χ3v) is 8.61. The van der Waals surface area contributed by atoms with E-state index in [0.717, 1.165) is 38.0 Å². The van der Waals surface area contributed by atoms with Crippen LogP contribution in [0.2, 0.25) is 0 Å². The molecular weight excluding hydrogens is 276 g/mol. The van der Waals surface area contributed by atoms with E-state index in [1.165, 1.54) is 19.3 Å². The van der Waals surface area contributed by atoms with Crippen LogP contribution in [0.4, 0.5) is 0 Å². The van der Waals surface area contributed by atoms with E-state index in [9.17, 15) is 15.3 Å². The summed E-state index contributed by atoms with van der Waals surface area (Å²) in [7, 11) is 0. The van der Waals surface area contributed by atoms with Gasteiger partial charge in [0.25, 0.3) is 0 Å². The second-order valence-corrected chi connectivity index (χ2v) is 9.38. The molecule has 0 spiro atoms. The van der Waals surface area contributed by atoms with Gasteiger partial charge in [-0.1, -0.05) is 13.8 Å². The second-order valence-electron chi connectivity index (χ2n) is 9.38. The van der Waals surface area contributed by atoms with Crippen LogP contribution < -0.4 is 0 Å². The quantitative estimate of drug-likeness (QED) is 0.645. The molecule has 4 rings (SSSR count). The molecule has 4 saturated carbocycles. The van der Waals surface area contributed by atoms with Gasteiger partial charge in [-0.2, -0.15) is 0 Å². The molecule has 3 heteroatoms. The summed E-state index contributed by atoms with van der Waals surface area (Å²) in [6.45, 7) is 4.69. The van der Waals surface area contributed by atoms with Crippen LogP contribution in [0, 0.1) is 34.5 Å². The Morgan fingerprint density at radius 2 is 1.50 bits per heavy atom. The SMILES string of the molecule is C[C@]12CC[C@H](O)C[C@H]1CC[C@@H]1[C@@H]2CC[C@]2(C)[C@@H](O)[C@@H](O)C[C@@H]12. The Balaban J connectivity index is 1.63. The van der Waals surface area contributed by atoms with Crippen LogP contribution in [0.25, 0.3) is 0 Å². The number of fused-ring (bicyclic) bond motifs is 5. The van der Waals surface area contributed by atoms with E-state index in [-0.39, 0.29) is 11.5 Å².